The van der Waals surface area contributed by atoms with Crippen LogP contribution < -0.4 is 5.32 Å². The van der Waals surface area contributed by atoms with Gasteiger partial charge in [0.05, 0.1) is 6.54 Å². The second-order valence-electron chi connectivity index (χ2n) is 6.12. The van der Waals surface area contributed by atoms with E-state index in [1.807, 2.05) is 4.90 Å². The smallest absolute Gasteiger partial charge is 0.303 e. The Morgan fingerprint density at radius 3 is 2.35 bits per heavy atom. The molecule has 2 fully saturated rings. The minimum atomic E-state index is -0.718. The lowest BCUT2D eigenvalue weighted by molar-refractivity contribution is -0.138. The number of aliphatic carboxylic acids is 1. The molecule has 1 aliphatic heterocycles. The first kappa shape index (κ1) is 15.3. The van der Waals surface area contributed by atoms with Gasteiger partial charge in [0.1, 0.15) is 0 Å². The van der Waals surface area contributed by atoms with Gasteiger partial charge in [-0.25, -0.2) is 0 Å². The lowest BCUT2D eigenvalue weighted by atomic mass is 9.92. The SMILES string of the molecule is O=C(O)CCC1CCN(C(=O)CNC2CCCC2)CC1. The van der Waals surface area contributed by atoms with Gasteiger partial charge < -0.3 is 15.3 Å². The highest BCUT2D eigenvalue weighted by Crippen LogP contribution is 2.22. The number of piperidine rings is 1. The zero-order chi connectivity index (χ0) is 14.4. The third kappa shape index (κ3) is 4.78. The predicted octanol–water partition coefficient (Wildman–Crippen LogP) is 1.62. The molecular weight excluding hydrogens is 256 g/mol. The Hall–Kier alpha value is -1.10. The van der Waals surface area contributed by atoms with E-state index in [-0.39, 0.29) is 12.3 Å². The van der Waals surface area contributed by atoms with Crippen molar-refractivity contribution in [1.82, 2.24) is 10.2 Å². The maximum atomic E-state index is 12.1. The summed E-state index contributed by atoms with van der Waals surface area (Å²) in [6.07, 6.45) is 7.85. The second kappa shape index (κ2) is 7.62. The summed E-state index contributed by atoms with van der Waals surface area (Å²) in [4.78, 5) is 24.6. The van der Waals surface area contributed by atoms with Gasteiger partial charge in [0.25, 0.3) is 0 Å². The summed E-state index contributed by atoms with van der Waals surface area (Å²) in [6, 6.07) is 0.534. The van der Waals surface area contributed by atoms with Gasteiger partial charge in [-0.05, 0) is 38.0 Å². The first-order valence-electron chi connectivity index (χ1n) is 7.88. The van der Waals surface area contributed by atoms with Crippen LogP contribution >= 0.6 is 0 Å². The van der Waals surface area contributed by atoms with E-state index in [0.717, 1.165) is 32.4 Å². The molecule has 2 aliphatic rings. The molecule has 114 valence electrons. The minimum absolute atomic E-state index is 0.202. The Balaban J connectivity index is 1.62. The number of carbonyl (C=O) groups is 2. The summed E-state index contributed by atoms with van der Waals surface area (Å²) in [5.41, 5.74) is 0. The third-order valence-electron chi connectivity index (χ3n) is 4.63. The van der Waals surface area contributed by atoms with Gasteiger partial charge in [0.2, 0.25) is 5.91 Å². The van der Waals surface area contributed by atoms with Gasteiger partial charge in [0.15, 0.2) is 0 Å². The number of carboxylic acids is 1. The quantitative estimate of drug-likeness (QED) is 0.777. The summed E-state index contributed by atoms with van der Waals surface area (Å²) < 4.78 is 0. The van der Waals surface area contributed by atoms with Gasteiger partial charge in [-0.15, -0.1) is 0 Å². The Morgan fingerprint density at radius 2 is 1.75 bits per heavy atom. The molecule has 0 spiro atoms. The molecule has 1 heterocycles. The lowest BCUT2D eigenvalue weighted by Gasteiger charge is -2.32. The molecule has 1 aliphatic carbocycles. The van der Waals surface area contributed by atoms with Crippen LogP contribution in [0.1, 0.15) is 51.4 Å². The van der Waals surface area contributed by atoms with E-state index < -0.39 is 5.97 Å². The molecule has 0 atom stereocenters. The molecule has 0 aromatic heterocycles. The number of nitrogens with one attached hydrogen (secondary N) is 1. The minimum Gasteiger partial charge on any atom is -0.481 e. The molecule has 20 heavy (non-hydrogen) atoms. The maximum absolute atomic E-state index is 12.1. The van der Waals surface area contributed by atoms with Crippen LogP contribution in [-0.2, 0) is 9.59 Å². The van der Waals surface area contributed by atoms with E-state index in [2.05, 4.69) is 5.32 Å². The molecular formula is C15H26N2O3. The van der Waals surface area contributed by atoms with Crippen molar-refractivity contribution >= 4 is 11.9 Å². The van der Waals surface area contributed by atoms with Crippen molar-refractivity contribution in [1.29, 1.82) is 0 Å². The van der Waals surface area contributed by atoms with E-state index in [0.29, 0.717) is 18.5 Å². The first-order valence-corrected chi connectivity index (χ1v) is 7.88. The Kier molecular flexibility index (Phi) is 5.83. The second-order valence-corrected chi connectivity index (χ2v) is 6.12. The molecule has 1 saturated carbocycles. The van der Waals surface area contributed by atoms with E-state index in [1.54, 1.807) is 0 Å². The number of amides is 1. The van der Waals surface area contributed by atoms with Gasteiger partial charge >= 0.3 is 5.97 Å². The highest BCUT2D eigenvalue weighted by Gasteiger charge is 2.24. The summed E-state index contributed by atoms with van der Waals surface area (Å²) in [6.45, 7) is 2.04. The number of rotatable bonds is 6. The molecule has 0 unspecified atom stereocenters. The standard InChI is InChI=1S/C15H26N2O3/c18-14(11-16-13-3-1-2-4-13)17-9-7-12(8-10-17)5-6-15(19)20/h12-13,16H,1-11H2,(H,19,20). The summed E-state index contributed by atoms with van der Waals surface area (Å²) in [5, 5.41) is 12.0. The van der Waals surface area contributed by atoms with Crippen LogP contribution in [0.5, 0.6) is 0 Å². The first-order chi connectivity index (χ1) is 9.65. The number of carbonyl (C=O) groups excluding carboxylic acids is 1. The van der Waals surface area contributed by atoms with Crippen LogP contribution in [0.2, 0.25) is 0 Å². The van der Waals surface area contributed by atoms with E-state index in [1.165, 1.54) is 25.7 Å². The number of likely N-dealkylation sites (tertiary alicyclic amines) is 1. The van der Waals surface area contributed by atoms with Crippen LogP contribution in [0, 0.1) is 5.92 Å². The number of hydrogen-bond acceptors (Lipinski definition) is 3. The van der Waals surface area contributed by atoms with Gasteiger partial charge in [-0.3, -0.25) is 9.59 Å². The number of carboxylic acid groups (broad SMARTS) is 1. The molecule has 0 radical (unpaired) electrons. The highest BCUT2D eigenvalue weighted by molar-refractivity contribution is 5.78. The van der Waals surface area contributed by atoms with Crippen molar-refractivity contribution in [3.63, 3.8) is 0 Å². The maximum Gasteiger partial charge on any atom is 0.303 e. The van der Waals surface area contributed by atoms with Crippen LogP contribution in [0.3, 0.4) is 0 Å². The highest BCUT2D eigenvalue weighted by atomic mass is 16.4. The van der Waals surface area contributed by atoms with Gasteiger partial charge in [0, 0.05) is 25.6 Å². The molecule has 0 bridgehead atoms. The van der Waals surface area contributed by atoms with Crippen molar-refractivity contribution in [2.75, 3.05) is 19.6 Å². The van der Waals surface area contributed by atoms with Gasteiger partial charge in [-0.2, -0.15) is 0 Å². The lowest BCUT2D eigenvalue weighted by Crippen LogP contribution is -2.44. The van der Waals surface area contributed by atoms with E-state index in [9.17, 15) is 9.59 Å². The molecule has 1 amide bonds. The topological polar surface area (TPSA) is 69.6 Å². The van der Waals surface area contributed by atoms with Crippen molar-refractivity contribution in [3.8, 4) is 0 Å². The van der Waals surface area contributed by atoms with Gasteiger partial charge in [-0.1, -0.05) is 12.8 Å². The molecule has 0 aromatic rings. The molecule has 1 saturated heterocycles. The molecule has 2 rings (SSSR count). The van der Waals surface area contributed by atoms with Crippen molar-refractivity contribution < 1.29 is 14.7 Å². The zero-order valence-corrected chi connectivity index (χ0v) is 12.1. The van der Waals surface area contributed by atoms with Crippen LogP contribution in [0.15, 0.2) is 0 Å². The fourth-order valence-electron chi connectivity index (χ4n) is 3.27. The summed E-state index contributed by atoms with van der Waals surface area (Å²) in [5.74, 6) is -0.0456. The largest absolute Gasteiger partial charge is 0.481 e. The average Bonchev–Trinajstić information content (AvgIpc) is 2.96. The molecule has 0 aromatic carbocycles. The average molecular weight is 282 g/mol. The van der Waals surface area contributed by atoms with Crippen molar-refractivity contribution in [3.05, 3.63) is 0 Å². The fraction of sp³-hybridized carbons (Fsp3) is 0.867. The fourth-order valence-corrected chi connectivity index (χ4v) is 3.27. The molecule has 2 N–H and O–H groups in total. The van der Waals surface area contributed by atoms with Crippen molar-refractivity contribution in [2.45, 2.75) is 57.4 Å². The van der Waals surface area contributed by atoms with Crippen LogP contribution in [0.25, 0.3) is 0 Å². The Bertz CT molecular complexity index is 332. The molecule has 5 nitrogen and oxygen atoms in total. The molecule has 5 heteroatoms. The van der Waals surface area contributed by atoms with E-state index in [4.69, 9.17) is 5.11 Å². The van der Waals surface area contributed by atoms with Crippen molar-refractivity contribution in [2.24, 2.45) is 5.92 Å². The van der Waals surface area contributed by atoms with Crippen LogP contribution in [-0.4, -0.2) is 47.6 Å². The monoisotopic (exact) mass is 282 g/mol. The van der Waals surface area contributed by atoms with Crippen LogP contribution in [0.4, 0.5) is 0 Å². The van der Waals surface area contributed by atoms with E-state index >= 15 is 0 Å². The zero-order valence-electron chi connectivity index (χ0n) is 12.1. The Morgan fingerprint density at radius 1 is 1.10 bits per heavy atom. The normalized spacial score (nSPS) is 21.3. The third-order valence-corrected chi connectivity index (χ3v) is 4.63. The Labute approximate surface area is 120 Å². The number of hydrogen-bond donors (Lipinski definition) is 2. The number of nitrogens with zero attached hydrogens (tertiary/aromatic N) is 1. The summed E-state index contributed by atoms with van der Waals surface area (Å²) in [7, 11) is 0. The summed E-state index contributed by atoms with van der Waals surface area (Å²) >= 11 is 0. The predicted molar refractivity (Wildman–Crippen MR) is 76.4 cm³/mol.